The van der Waals surface area contributed by atoms with Gasteiger partial charge in [-0.15, -0.1) is 0 Å². The maximum atomic E-state index is 13.2. The number of aliphatic hydroxyl groups excluding tert-OH is 1. The van der Waals surface area contributed by atoms with Gasteiger partial charge in [0.1, 0.15) is 0 Å². The minimum Gasteiger partial charge on any atom is -0.493 e. The minimum absolute atomic E-state index is 0.0376. The molecule has 8 heteroatoms. The monoisotopic (exact) mass is 562 g/mol. The van der Waals surface area contributed by atoms with Gasteiger partial charge in [0, 0.05) is 38.1 Å². The molecule has 0 aromatic heterocycles. The third-order valence-electron chi connectivity index (χ3n) is 8.92. The van der Waals surface area contributed by atoms with Crippen LogP contribution in [-0.4, -0.2) is 68.8 Å². The zero-order chi connectivity index (χ0) is 29.3. The Morgan fingerprint density at radius 2 is 1.80 bits per heavy atom. The number of hydrogen-bond acceptors (Lipinski definition) is 7. The lowest BCUT2D eigenvalue weighted by Gasteiger charge is -2.32. The van der Waals surface area contributed by atoms with Gasteiger partial charge in [-0.1, -0.05) is 33.8 Å². The second-order valence-electron chi connectivity index (χ2n) is 12.7. The van der Waals surface area contributed by atoms with E-state index in [1.807, 2.05) is 26.0 Å². The van der Waals surface area contributed by atoms with Crippen molar-refractivity contribution in [2.24, 2.45) is 29.4 Å². The summed E-state index contributed by atoms with van der Waals surface area (Å²) in [6, 6.07) is 5.84. The van der Waals surface area contributed by atoms with Crippen LogP contribution in [0.15, 0.2) is 18.2 Å². The third kappa shape index (κ3) is 9.61. The molecule has 1 heterocycles. The number of benzene rings is 1. The van der Waals surface area contributed by atoms with Gasteiger partial charge in [0.2, 0.25) is 5.91 Å². The van der Waals surface area contributed by atoms with Gasteiger partial charge < -0.3 is 35.1 Å². The molecule has 2 aliphatic rings. The van der Waals surface area contributed by atoms with Crippen LogP contribution in [0.3, 0.4) is 0 Å². The van der Waals surface area contributed by atoms with Crippen molar-refractivity contribution in [3.05, 3.63) is 23.8 Å². The van der Waals surface area contributed by atoms with Crippen LogP contribution in [0.1, 0.15) is 78.2 Å². The van der Waals surface area contributed by atoms with Gasteiger partial charge in [0.15, 0.2) is 11.5 Å². The molecule has 40 heavy (non-hydrogen) atoms. The van der Waals surface area contributed by atoms with E-state index in [-0.39, 0.29) is 35.3 Å². The molecule has 4 N–H and O–H groups in total. The average Bonchev–Trinajstić information content (AvgIpc) is 3.69. The molecule has 4 atom stereocenters. The Balaban J connectivity index is 1.56. The van der Waals surface area contributed by atoms with Crippen molar-refractivity contribution in [1.82, 2.24) is 5.32 Å². The van der Waals surface area contributed by atoms with Crippen LogP contribution in [0, 0.1) is 23.7 Å². The largest absolute Gasteiger partial charge is 0.493 e. The van der Waals surface area contributed by atoms with Crippen molar-refractivity contribution in [1.29, 1.82) is 0 Å². The molecular weight excluding hydrogens is 508 g/mol. The highest BCUT2D eigenvalue weighted by Gasteiger charge is 2.47. The number of nitrogens with one attached hydrogen (secondary N) is 1. The Morgan fingerprint density at radius 3 is 2.38 bits per heavy atom. The van der Waals surface area contributed by atoms with Gasteiger partial charge in [-0.05, 0) is 80.4 Å². The summed E-state index contributed by atoms with van der Waals surface area (Å²) in [5, 5.41) is 14.4. The summed E-state index contributed by atoms with van der Waals surface area (Å²) in [5.41, 5.74) is 7.85. The van der Waals surface area contributed by atoms with Crippen LogP contribution in [0.5, 0.6) is 11.5 Å². The Bertz CT molecular complexity index is 909. The first kappa shape index (κ1) is 32.6. The lowest BCUT2D eigenvalue weighted by Crippen LogP contribution is -2.46. The summed E-state index contributed by atoms with van der Waals surface area (Å²) >= 11 is 0. The molecule has 1 amide bonds. The molecule has 1 aromatic carbocycles. The van der Waals surface area contributed by atoms with E-state index in [4.69, 9.17) is 24.7 Å². The maximum Gasteiger partial charge on any atom is 0.223 e. The topological polar surface area (TPSA) is 116 Å². The van der Waals surface area contributed by atoms with Gasteiger partial charge in [0.05, 0.1) is 32.0 Å². The maximum absolute atomic E-state index is 13.2. The second-order valence-corrected chi connectivity index (χ2v) is 12.7. The molecule has 0 unspecified atom stereocenters. The number of carbonyl (C=O) groups excluding carboxylic acids is 1. The van der Waals surface area contributed by atoms with Crippen LogP contribution in [0.4, 0.5) is 0 Å². The second kappa shape index (κ2) is 15.4. The number of nitrogens with two attached hydrogens (primary N) is 1. The van der Waals surface area contributed by atoms with E-state index in [1.54, 1.807) is 14.2 Å². The highest BCUT2D eigenvalue weighted by atomic mass is 16.6. The van der Waals surface area contributed by atoms with E-state index in [1.165, 1.54) is 0 Å². The van der Waals surface area contributed by atoms with E-state index in [0.29, 0.717) is 37.7 Å². The zero-order valence-electron chi connectivity index (χ0n) is 25.6. The van der Waals surface area contributed by atoms with E-state index >= 15 is 0 Å². The van der Waals surface area contributed by atoms with Crippen molar-refractivity contribution in [3.63, 3.8) is 0 Å². The van der Waals surface area contributed by atoms with Crippen molar-refractivity contribution < 1.29 is 28.8 Å². The van der Waals surface area contributed by atoms with Crippen LogP contribution in [0.2, 0.25) is 0 Å². The fourth-order valence-corrected chi connectivity index (χ4v) is 5.85. The summed E-state index contributed by atoms with van der Waals surface area (Å²) in [6.45, 7) is 10.6. The van der Waals surface area contributed by atoms with E-state index < -0.39 is 12.1 Å². The number of ether oxygens (including phenoxy) is 4. The molecule has 0 bridgehead atoms. The van der Waals surface area contributed by atoms with Gasteiger partial charge in [-0.3, -0.25) is 4.79 Å². The molecule has 2 fully saturated rings. The number of methoxy groups -OCH3 is 2. The van der Waals surface area contributed by atoms with Gasteiger partial charge in [0.25, 0.3) is 0 Å². The molecule has 228 valence electrons. The van der Waals surface area contributed by atoms with Crippen LogP contribution in [0.25, 0.3) is 0 Å². The Morgan fingerprint density at radius 1 is 1.10 bits per heavy atom. The van der Waals surface area contributed by atoms with Crippen LogP contribution < -0.4 is 20.5 Å². The molecule has 3 rings (SSSR count). The van der Waals surface area contributed by atoms with E-state index in [0.717, 1.165) is 56.4 Å². The average molecular weight is 563 g/mol. The summed E-state index contributed by atoms with van der Waals surface area (Å²) < 4.78 is 22.2. The van der Waals surface area contributed by atoms with Crippen LogP contribution in [-0.2, 0) is 20.7 Å². The number of rotatable bonds is 17. The normalized spacial score (nSPS) is 23.6. The third-order valence-corrected chi connectivity index (χ3v) is 8.92. The first-order valence-corrected chi connectivity index (χ1v) is 15.2. The first-order chi connectivity index (χ1) is 19.1. The minimum atomic E-state index is -0.746. The predicted molar refractivity (Wildman–Crippen MR) is 158 cm³/mol. The Kier molecular flexibility index (Phi) is 12.6. The smallest absolute Gasteiger partial charge is 0.223 e. The molecule has 1 saturated heterocycles. The Hall–Kier alpha value is -1.87. The lowest BCUT2D eigenvalue weighted by molar-refractivity contribution is -0.128. The number of amides is 1. The summed E-state index contributed by atoms with van der Waals surface area (Å²) in [5.74, 6) is 1.96. The highest BCUT2D eigenvalue weighted by Crippen LogP contribution is 2.41. The zero-order valence-corrected chi connectivity index (χ0v) is 25.6. The summed E-state index contributed by atoms with van der Waals surface area (Å²) in [4.78, 5) is 13.2. The standard InChI is InChI=1S/C32H54N2O6/c1-21(2)24(16-23-8-9-29(38-6)30(17-23)39-15-7-14-37-5)18-27(33)28(35)19-26(22(3)4)31(36)34-25-10-12-32(13-11-25)20-40-32/h8-9,17,21-22,24-28,35H,7,10-16,18-20,33H2,1-6H3,(H,34,36)/t24-,25?,26-,27-,28-,32?/m0/s1. The molecule has 1 aliphatic carbocycles. The van der Waals surface area contributed by atoms with Crippen molar-refractivity contribution in [3.8, 4) is 11.5 Å². The summed E-state index contributed by atoms with van der Waals surface area (Å²) in [7, 11) is 3.33. The molecule has 1 aliphatic heterocycles. The van der Waals surface area contributed by atoms with Crippen molar-refractivity contribution in [2.75, 3.05) is 34.0 Å². The number of hydrogen-bond donors (Lipinski definition) is 3. The molecular formula is C32H54N2O6. The van der Waals surface area contributed by atoms with E-state index in [2.05, 4.69) is 25.2 Å². The molecule has 1 spiro atoms. The quantitative estimate of drug-likeness (QED) is 0.189. The summed E-state index contributed by atoms with van der Waals surface area (Å²) in [6.07, 6.45) is 5.87. The molecule has 1 aromatic rings. The van der Waals surface area contributed by atoms with Gasteiger partial charge in [-0.2, -0.15) is 0 Å². The van der Waals surface area contributed by atoms with Gasteiger partial charge >= 0.3 is 0 Å². The predicted octanol–water partition coefficient (Wildman–Crippen LogP) is 4.49. The molecule has 0 radical (unpaired) electrons. The first-order valence-electron chi connectivity index (χ1n) is 15.2. The van der Waals surface area contributed by atoms with Crippen molar-refractivity contribution in [2.45, 2.75) is 103 Å². The molecule has 8 nitrogen and oxygen atoms in total. The Labute approximate surface area is 241 Å². The molecule has 1 saturated carbocycles. The number of carbonyl (C=O) groups is 1. The highest BCUT2D eigenvalue weighted by molar-refractivity contribution is 5.79. The van der Waals surface area contributed by atoms with E-state index in [9.17, 15) is 9.90 Å². The van der Waals surface area contributed by atoms with Gasteiger partial charge in [-0.25, -0.2) is 0 Å². The fourth-order valence-electron chi connectivity index (χ4n) is 5.85. The fraction of sp³-hybridized carbons (Fsp3) is 0.781. The van der Waals surface area contributed by atoms with Crippen molar-refractivity contribution >= 4 is 5.91 Å². The number of aliphatic hydroxyl groups is 1. The number of epoxide rings is 1. The lowest BCUT2D eigenvalue weighted by atomic mass is 9.80. The SMILES string of the molecule is COCCCOc1cc(C[C@@H](C[C@H](N)[C@@H](O)C[C@H](C(=O)NC2CCC3(CC2)CO3)C(C)C)C(C)C)ccc1OC. The van der Waals surface area contributed by atoms with Crippen LogP contribution >= 0.6 is 0 Å².